The first-order valence-corrected chi connectivity index (χ1v) is 7.42. The van der Waals surface area contributed by atoms with Gasteiger partial charge in [0.1, 0.15) is 0 Å². The molecule has 0 spiro atoms. The molecule has 0 fully saturated rings. The Labute approximate surface area is 127 Å². The third-order valence-electron chi connectivity index (χ3n) is 2.82. The van der Waals surface area contributed by atoms with Crippen molar-refractivity contribution in [2.75, 3.05) is 26.7 Å². The smallest absolute Gasteiger partial charge is 0.406 e. The Morgan fingerprint density at radius 1 is 1.38 bits per heavy atom. The quantitative estimate of drug-likeness (QED) is 0.874. The topological polar surface area (TPSA) is 67.4 Å². The lowest BCUT2D eigenvalue weighted by Crippen LogP contribution is -2.36. The zero-order chi connectivity index (χ0) is 16.1. The van der Waals surface area contributed by atoms with E-state index in [1.807, 2.05) is 0 Å². The maximum absolute atomic E-state index is 10.9. The van der Waals surface area contributed by atoms with Gasteiger partial charge in [-0.25, -0.2) is 4.79 Å². The molecule has 0 bridgehead atoms. The lowest BCUT2D eigenvalue weighted by atomic mass is 10.2. The second-order valence-electron chi connectivity index (χ2n) is 4.56. The van der Waals surface area contributed by atoms with Gasteiger partial charge in [0.25, 0.3) is 0 Å². The summed E-state index contributed by atoms with van der Waals surface area (Å²) in [7, 11) is 1.36. The van der Waals surface area contributed by atoms with Crippen LogP contribution in [0.1, 0.15) is 45.9 Å². The number of alkyl carbamates (subject to hydrolysis) is 1. The number of ether oxygens (including phenoxy) is 1. The summed E-state index contributed by atoms with van der Waals surface area (Å²) in [4.78, 5) is 21.5. The standard InChI is InChI=1S/C12H20N4O2.C3H8/c1-4-16(8-7-15-12(17)18-3)10(2)11-9-13-5-6-14-11;1-3-2/h5-6,9-10H,4,7-8H2,1-3H3,(H,15,17);3H2,1-2H3. The number of nitrogens with one attached hydrogen (secondary N) is 1. The van der Waals surface area contributed by atoms with Crippen molar-refractivity contribution < 1.29 is 9.53 Å². The highest BCUT2D eigenvalue weighted by molar-refractivity contribution is 5.66. The Morgan fingerprint density at radius 2 is 2.05 bits per heavy atom. The van der Waals surface area contributed by atoms with Crippen molar-refractivity contribution in [1.82, 2.24) is 20.2 Å². The number of aromatic nitrogens is 2. The molecule has 120 valence electrons. The maximum atomic E-state index is 10.9. The van der Waals surface area contributed by atoms with E-state index < -0.39 is 6.09 Å². The summed E-state index contributed by atoms with van der Waals surface area (Å²) in [5, 5.41) is 2.66. The molecular weight excluding hydrogens is 268 g/mol. The molecule has 0 radical (unpaired) electrons. The molecular formula is C15H28N4O2. The van der Waals surface area contributed by atoms with Gasteiger partial charge >= 0.3 is 6.09 Å². The van der Waals surface area contributed by atoms with Crippen molar-refractivity contribution in [1.29, 1.82) is 0 Å². The van der Waals surface area contributed by atoms with E-state index in [9.17, 15) is 4.79 Å². The van der Waals surface area contributed by atoms with Crippen LogP contribution in [0.5, 0.6) is 0 Å². The van der Waals surface area contributed by atoms with Gasteiger partial charge < -0.3 is 10.1 Å². The fourth-order valence-corrected chi connectivity index (χ4v) is 1.71. The molecule has 0 aliphatic heterocycles. The Bertz CT molecular complexity index is 373. The Morgan fingerprint density at radius 3 is 2.52 bits per heavy atom. The highest BCUT2D eigenvalue weighted by atomic mass is 16.5. The minimum Gasteiger partial charge on any atom is -0.453 e. The van der Waals surface area contributed by atoms with E-state index in [-0.39, 0.29) is 6.04 Å². The average Bonchev–Trinajstić information content (AvgIpc) is 2.52. The van der Waals surface area contributed by atoms with Crippen LogP contribution in [0.3, 0.4) is 0 Å². The van der Waals surface area contributed by atoms with Crippen molar-refractivity contribution in [2.24, 2.45) is 0 Å². The monoisotopic (exact) mass is 296 g/mol. The Hall–Kier alpha value is -1.69. The summed E-state index contributed by atoms with van der Waals surface area (Å²) in [6.07, 6.45) is 5.96. The van der Waals surface area contributed by atoms with Gasteiger partial charge in [-0.3, -0.25) is 14.9 Å². The van der Waals surface area contributed by atoms with Crippen LogP contribution in [0.25, 0.3) is 0 Å². The fourth-order valence-electron chi connectivity index (χ4n) is 1.71. The molecule has 1 N–H and O–H groups in total. The van der Waals surface area contributed by atoms with Gasteiger partial charge in [0.15, 0.2) is 0 Å². The second-order valence-corrected chi connectivity index (χ2v) is 4.56. The molecule has 0 aliphatic rings. The first kappa shape index (κ1) is 19.3. The summed E-state index contributed by atoms with van der Waals surface area (Å²) >= 11 is 0. The first-order valence-electron chi connectivity index (χ1n) is 7.42. The van der Waals surface area contributed by atoms with Crippen LogP contribution in [-0.2, 0) is 4.74 Å². The van der Waals surface area contributed by atoms with Crippen molar-refractivity contribution in [3.63, 3.8) is 0 Å². The molecule has 0 saturated heterocycles. The van der Waals surface area contributed by atoms with Crippen molar-refractivity contribution in [2.45, 2.75) is 40.2 Å². The number of carbonyl (C=O) groups excluding carboxylic acids is 1. The molecule has 1 rings (SSSR count). The van der Waals surface area contributed by atoms with E-state index >= 15 is 0 Å². The summed E-state index contributed by atoms with van der Waals surface area (Å²) in [5.74, 6) is 0. The van der Waals surface area contributed by atoms with E-state index in [1.165, 1.54) is 13.5 Å². The van der Waals surface area contributed by atoms with E-state index in [1.54, 1.807) is 18.6 Å². The van der Waals surface area contributed by atoms with Gasteiger partial charge in [-0.1, -0.05) is 27.2 Å². The van der Waals surface area contributed by atoms with Gasteiger partial charge in [0.05, 0.1) is 18.8 Å². The normalized spacial score (nSPS) is 11.3. The van der Waals surface area contributed by atoms with Crippen LogP contribution in [0.4, 0.5) is 4.79 Å². The number of rotatable bonds is 6. The molecule has 1 aromatic heterocycles. The Kier molecular flexibility index (Phi) is 11.1. The largest absolute Gasteiger partial charge is 0.453 e. The Balaban J connectivity index is 0.00000122. The molecule has 1 amide bonds. The predicted octanol–water partition coefficient (Wildman–Crippen LogP) is 2.63. The highest BCUT2D eigenvalue weighted by Crippen LogP contribution is 2.15. The number of methoxy groups -OCH3 is 1. The van der Waals surface area contributed by atoms with E-state index in [0.717, 1.165) is 18.8 Å². The van der Waals surface area contributed by atoms with Crippen LogP contribution in [0, 0.1) is 0 Å². The molecule has 0 aliphatic carbocycles. The minimum atomic E-state index is -0.404. The van der Waals surface area contributed by atoms with E-state index in [0.29, 0.717) is 6.54 Å². The van der Waals surface area contributed by atoms with Gasteiger partial charge in [0.2, 0.25) is 0 Å². The molecule has 1 unspecified atom stereocenters. The molecule has 1 atom stereocenters. The van der Waals surface area contributed by atoms with Gasteiger partial charge in [-0.05, 0) is 13.5 Å². The van der Waals surface area contributed by atoms with Crippen molar-refractivity contribution >= 4 is 6.09 Å². The van der Waals surface area contributed by atoms with Gasteiger partial charge in [-0.2, -0.15) is 0 Å². The number of nitrogens with zero attached hydrogens (tertiary/aromatic N) is 3. The van der Waals surface area contributed by atoms with Crippen molar-refractivity contribution in [3.8, 4) is 0 Å². The van der Waals surface area contributed by atoms with Crippen LogP contribution in [-0.4, -0.2) is 47.7 Å². The summed E-state index contributed by atoms with van der Waals surface area (Å²) in [5.41, 5.74) is 0.928. The lowest BCUT2D eigenvalue weighted by molar-refractivity contribution is 0.165. The summed E-state index contributed by atoms with van der Waals surface area (Å²) < 4.78 is 4.52. The van der Waals surface area contributed by atoms with E-state index in [4.69, 9.17) is 0 Å². The van der Waals surface area contributed by atoms with Crippen LogP contribution >= 0.6 is 0 Å². The average molecular weight is 296 g/mol. The number of carbonyl (C=O) groups is 1. The van der Waals surface area contributed by atoms with Gasteiger partial charge in [-0.15, -0.1) is 0 Å². The third kappa shape index (κ3) is 8.24. The lowest BCUT2D eigenvalue weighted by Gasteiger charge is -2.27. The van der Waals surface area contributed by atoms with Crippen molar-refractivity contribution in [3.05, 3.63) is 24.3 Å². The number of likely N-dealkylation sites (N-methyl/N-ethyl adjacent to an activating group) is 1. The second kappa shape index (κ2) is 12.1. The molecule has 1 aromatic rings. The maximum Gasteiger partial charge on any atom is 0.406 e. The predicted molar refractivity (Wildman–Crippen MR) is 84.1 cm³/mol. The summed E-state index contributed by atoms with van der Waals surface area (Å²) in [6, 6.07) is 0.170. The third-order valence-corrected chi connectivity index (χ3v) is 2.82. The van der Waals surface area contributed by atoms with Crippen LogP contribution < -0.4 is 5.32 Å². The fraction of sp³-hybridized carbons (Fsp3) is 0.667. The first-order chi connectivity index (χ1) is 10.1. The minimum absolute atomic E-state index is 0.170. The number of amides is 1. The SMILES string of the molecule is CCC.CCN(CCNC(=O)OC)C(C)c1cnccn1. The van der Waals surface area contributed by atoms with Crippen LogP contribution in [0.15, 0.2) is 18.6 Å². The zero-order valence-electron chi connectivity index (χ0n) is 13.8. The molecule has 0 aromatic carbocycles. The van der Waals surface area contributed by atoms with Crippen LogP contribution in [0.2, 0.25) is 0 Å². The number of hydrogen-bond acceptors (Lipinski definition) is 5. The number of hydrogen-bond donors (Lipinski definition) is 1. The highest BCUT2D eigenvalue weighted by Gasteiger charge is 2.15. The molecule has 21 heavy (non-hydrogen) atoms. The summed E-state index contributed by atoms with van der Waals surface area (Å²) in [6.45, 7) is 10.6. The van der Waals surface area contributed by atoms with E-state index in [2.05, 4.69) is 52.6 Å². The molecule has 0 saturated carbocycles. The molecule has 1 heterocycles. The zero-order valence-corrected chi connectivity index (χ0v) is 13.8. The molecule has 6 heteroatoms. The molecule has 6 nitrogen and oxygen atoms in total. The van der Waals surface area contributed by atoms with Gasteiger partial charge in [0, 0.05) is 31.7 Å².